The van der Waals surface area contributed by atoms with Crippen molar-refractivity contribution in [2.75, 3.05) is 12.3 Å². The first kappa shape index (κ1) is 26.4. The molecular weight excluding hydrogens is 484 g/mol. The second-order valence-corrected chi connectivity index (χ2v) is 13.0. The molecule has 4 rings (SSSR count). The highest BCUT2D eigenvalue weighted by atomic mass is 32.2. The van der Waals surface area contributed by atoms with E-state index < -0.39 is 39.5 Å². The summed E-state index contributed by atoms with van der Waals surface area (Å²) in [5.41, 5.74) is 3.31. The van der Waals surface area contributed by atoms with Crippen LogP contribution >= 0.6 is 0 Å². The van der Waals surface area contributed by atoms with E-state index in [0.717, 1.165) is 29.2 Å². The molecule has 0 bridgehead atoms. The predicted octanol–water partition coefficient (Wildman–Crippen LogP) is 4.22. The summed E-state index contributed by atoms with van der Waals surface area (Å²) >= 11 is 0. The van der Waals surface area contributed by atoms with Crippen LogP contribution in [-0.4, -0.2) is 41.9 Å². The zero-order chi connectivity index (χ0) is 26.1. The molecule has 3 N–H and O–H groups in total. The Morgan fingerprint density at radius 1 is 1.14 bits per heavy atom. The number of nitrogens with zero attached hydrogens (tertiary/aromatic N) is 1. The van der Waals surface area contributed by atoms with Crippen molar-refractivity contribution in [2.45, 2.75) is 57.4 Å². The van der Waals surface area contributed by atoms with E-state index >= 15 is 0 Å². The first-order chi connectivity index (χ1) is 16.9. The molecule has 1 aromatic heterocycles. The fraction of sp³-hybridized carbons (Fsp3) is 0.444. The third-order valence-electron chi connectivity index (χ3n) is 6.40. The predicted molar refractivity (Wildman–Crippen MR) is 135 cm³/mol. The van der Waals surface area contributed by atoms with Crippen LogP contribution in [-0.2, 0) is 28.4 Å². The van der Waals surface area contributed by atoms with Gasteiger partial charge in [0.05, 0.1) is 17.6 Å². The molecule has 3 aromatic rings. The molecule has 0 fully saturated rings. The van der Waals surface area contributed by atoms with Gasteiger partial charge in [-0.2, -0.15) is 0 Å². The first-order valence-electron chi connectivity index (χ1n) is 12.1. The molecule has 3 atom stereocenters. The summed E-state index contributed by atoms with van der Waals surface area (Å²) in [6, 6.07) is 8.75. The number of aliphatic hydroxyl groups excluding tert-OH is 1. The Labute approximate surface area is 211 Å². The third-order valence-corrected chi connectivity index (χ3v) is 7.99. The van der Waals surface area contributed by atoms with Gasteiger partial charge < -0.3 is 15.4 Å². The van der Waals surface area contributed by atoms with E-state index in [1.54, 1.807) is 12.4 Å². The molecule has 0 aliphatic carbocycles. The van der Waals surface area contributed by atoms with Gasteiger partial charge in [0.1, 0.15) is 17.5 Å². The largest absolute Gasteiger partial charge is 0.391 e. The molecule has 1 aliphatic heterocycles. The molecule has 0 spiro atoms. The molecule has 9 heteroatoms. The van der Waals surface area contributed by atoms with Gasteiger partial charge in [-0.15, -0.1) is 0 Å². The van der Waals surface area contributed by atoms with Crippen LogP contribution in [0, 0.1) is 17.0 Å². The van der Waals surface area contributed by atoms with Crippen molar-refractivity contribution in [1.29, 1.82) is 0 Å². The molecule has 0 saturated carbocycles. The monoisotopic (exact) mass is 517 g/mol. The highest BCUT2D eigenvalue weighted by Crippen LogP contribution is 2.32. The van der Waals surface area contributed by atoms with Crippen molar-refractivity contribution >= 4 is 9.84 Å². The number of halogens is 2. The normalized spacial score (nSPS) is 19.0. The summed E-state index contributed by atoms with van der Waals surface area (Å²) < 4.78 is 52.8. The van der Waals surface area contributed by atoms with Crippen LogP contribution in [0.3, 0.4) is 0 Å². The Balaban J connectivity index is 1.55. The van der Waals surface area contributed by atoms with Crippen molar-refractivity contribution < 1.29 is 22.3 Å². The zero-order valence-corrected chi connectivity index (χ0v) is 21.6. The van der Waals surface area contributed by atoms with Gasteiger partial charge >= 0.3 is 0 Å². The molecule has 2 heterocycles. The van der Waals surface area contributed by atoms with Gasteiger partial charge in [0.15, 0.2) is 9.84 Å². The summed E-state index contributed by atoms with van der Waals surface area (Å²) in [4.78, 5) is 7.23. The van der Waals surface area contributed by atoms with Crippen molar-refractivity contribution in [1.82, 2.24) is 15.3 Å². The van der Waals surface area contributed by atoms with E-state index in [1.807, 2.05) is 12.1 Å². The highest BCUT2D eigenvalue weighted by Gasteiger charge is 2.32. The minimum Gasteiger partial charge on any atom is -0.391 e. The average molecular weight is 518 g/mol. The molecule has 1 aliphatic rings. The molecule has 0 saturated heterocycles. The van der Waals surface area contributed by atoms with Gasteiger partial charge in [0, 0.05) is 37.0 Å². The highest BCUT2D eigenvalue weighted by molar-refractivity contribution is 7.90. The fourth-order valence-corrected chi connectivity index (χ4v) is 6.57. The van der Waals surface area contributed by atoms with E-state index in [1.165, 1.54) is 12.1 Å². The third kappa shape index (κ3) is 6.78. The molecule has 3 unspecified atom stereocenters. The number of imidazole rings is 1. The number of aromatic amines is 1. The van der Waals surface area contributed by atoms with Gasteiger partial charge in [-0.1, -0.05) is 39.0 Å². The molecule has 194 valence electrons. The molecule has 6 nitrogen and oxygen atoms in total. The number of fused-ring (bicyclic) bond motifs is 1. The second kappa shape index (κ2) is 10.4. The Morgan fingerprint density at radius 3 is 2.50 bits per heavy atom. The second-order valence-electron chi connectivity index (χ2n) is 10.9. The Kier molecular flexibility index (Phi) is 7.64. The van der Waals surface area contributed by atoms with Crippen LogP contribution < -0.4 is 5.32 Å². The van der Waals surface area contributed by atoms with Gasteiger partial charge in [-0.25, -0.2) is 22.2 Å². The summed E-state index contributed by atoms with van der Waals surface area (Å²) in [6.07, 6.45) is 3.19. The zero-order valence-electron chi connectivity index (χ0n) is 20.8. The van der Waals surface area contributed by atoms with Crippen molar-refractivity contribution in [3.8, 4) is 0 Å². The van der Waals surface area contributed by atoms with Gasteiger partial charge in [-0.3, -0.25) is 0 Å². The number of aliphatic hydroxyl groups is 1. The molecule has 2 aromatic carbocycles. The van der Waals surface area contributed by atoms with E-state index in [0.29, 0.717) is 11.4 Å². The first-order valence-corrected chi connectivity index (χ1v) is 13.9. The maximum absolute atomic E-state index is 13.8. The fourth-order valence-electron chi connectivity index (χ4n) is 4.91. The SMILES string of the molecule is CC(C)(C)Cc1ccc2c(c1)C(NCC(O)C(Cc1cc(F)cc(F)c1)c1ncc[nH]1)CS(=O)(=O)C2. The van der Waals surface area contributed by atoms with Crippen molar-refractivity contribution in [3.05, 3.63) is 88.5 Å². The van der Waals surface area contributed by atoms with Crippen LogP contribution in [0.2, 0.25) is 0 Å². The number of H-pyrrole nitrogens is 1. The average Bonchev–Trinajstić information content (AvgIpc) is 3.28. The molecule has 0 amide bonds. The number of benzene rings is 2. The van der Waals surface area contributed by atoms with Crippen molar-refractivity contribution in [2.24, 2.45) is 5.41 Å². The smallest absolute Gasteiger partial charge is 0.156 e. The van der Waals surface area contributed by atoms with Crippen LogP contribution in [0.4, 0.5) is 8.78 Å². The molecule has 0 radical (unpaired) electrons. The minimum absolute atomic E-state index is 0.000972. The Hall–Kier alpha value is -2.62. The number of nitrogens with one attached hydrogen (secondary N) is 2. The van der Waals surface area contributed by atoms with Crippen LogP contribution in [0.1, 0.15) is 60.8 Å². The lowest BCUT2D eigenvalue weighted by Crippen LogP contribution is -2.40. The van der Waals surface area contributed by atoms with Crippen molar-refractivity contribution in [3.63, 3.8) is 0 Å². The Bertz CT molecular complexity index is 1280. The van der Waals surface area contributed by atoms with Crippen LogP contribution in [0.5, 0.6) is 0 Å². The number of rotatable bonds is 8. The summed E-state index contributed by atoms with van der Waals surface area (Å²) in [6.45, 7) is 6.54. The quantitative estimate of drug-likeness (QED) is 0.416. The van der Waals surface area contributed by atoms with Gasteiger partial charge in [0.25, 0.3) is 0 Å². The topological polar surface area (TPSA) is 95.1 Å². The standard InChI is InChI=1S/C27H33F2N3O3S/c1-27(2,3)13-17-4-5-19-15-36(34,35)16-24(22(19)10-17)32-14-25(33)23(26-30-6-7-31-26)11-18-8-20(28)12-21(29)9-18/h4-10,12,23-25,32-33H,11,13-16H2,1-3H3,(H,30,31). The van der Waals surface area contributed by atoms with Gasteiger partial charge in [0.2, 0.25) is 0 Å². The van der Waals surface area contributed by atoms with E-state index in [2.05, 4.69) is 42.1 Å². The number of hydrogen-bond acceptors (Lipinski definition) is 5. The van der Waals surface area contributed by atoms with E-state index in [4.69, 9.17) is 0 Å². The van der Waals surface area contributed by atoms with Gasteiger partial charge in [-0.05, 0) is 52.6 Å². The summed E-state index contributed by atoms with van der Waals surface area (Å²) in [5.74, 6) is -1.54. The number of hydrogen-bond donors (Lipinski definition) is 3. The molecular formula is C27H33F2N3O3S. The lowest BCUT2D eigenvalue weighted by Gasteiger charge is -2.30. The lowest BCUT2D eigenvalue weighted by molar-refractivity contribution is 0.133. The lowest BCUT2D eigenvalue weighted by atomic mass is 9.86. The number of sulfone groups is 1. The molecule has 36 heavy (non-hydrogen) atoms. The maximum Gasteiger partial charge on any atom is 0.156 e. The van der Waals surface area contributed by atoms with E-state index in [9.17, 15) is 22.3 Å². The van der Waals surface area contributed by atoms with Crippen LogP contribution in [0.15, 0.2) is 48.8 Å². The number of aromatic nitrogens is 2. The minimum atomic E-state index is -3.31. The summed E-state index contributed by atoms with van der Waals surface area (Å²) in [5, 5.41) is 14.4. The maximum atomic E-state index is 13.8. The summed E-state index contributed by atoms with van der Waals surface area (Å²) in [7, 11) is -3.31. The Morgan fingerprint density at radius 2 is 1.86 bits per heavy atom. The van der Waals surface area contributed by atoms with Crippen LogP contribution in [0.25, 0.3) is 0 Å². The van der Waals surface area contributed by atoms with E-state index in [-0.39, 0.29) is 29.9 Å².